The highest BCUT2D eigenvalue weighted by molar-refractivity contribution is 5.99. The van der Waals surface area contributed by atoms with Crippen molar-refractivity contribution in [1.82, 2.24) is 4.57 Å². The highest BCUT2D eigenvalue weighted by Gasteiger charge is 2.26. The van der Waals surface area contributed by atoms with Crippen molar-refractivity contribution in [2.75, 3.05) is 13.7 Å². The average Bonchev–Trinajstić information content (AvgIpc) is 2.90. The highest BCUT2D eigenvalue weighted by Crippen LogP contribution is 2.27. The molecule has 0 bridgehead atoms. The zero-order valence-electron chi connectivity index (χ0n) is 13.1. The first-order valence-electron chi connectivity index (χ1n) is 7.30. The maximum Gasteiger partial charge on any atom is 0.358 e. The molecule has 6 heteroatoms. The van der Waals surface area contributed by atoms with Gasteiger partial charge in [0.15, 0.2) is 11.4 Å². The Morgan fingerprint density at radius 1 is 1.17 bits per heavy atom. The molecular weight excluding hydrogens is 298 g/mol. The molecule has 0 atom stereocenters. The van der Waals surface area contributed by atoms with Gasteiger partial charge in [-0.1, -0.05) is 30.3 Å². The molecule has 0 saturated heterocycles. The first-order chi connectivity index (χ1) is 11.1. The second-order valence-corrected chi connectivity index (χ2v) is 4.88. The lowest BCUT2D eigenvalue weighted by Crippen LogP contribution is -2.11. The van der Waals surface area contributed by atoms with Crippen molar-refractivity contribution < 1.29 is 24.2 Å². The van der Waals surface area contributed by atoms with Gasteiger partial charge in [0.1, 0.15) is 5.56 Å². The van der Waals surface area contributed by atoms with E-state index in [1.807, 2.05) is 30.3 Å². The number of aromatic nitrogens is 1. The van der Waals surface area contributed by atoms with Crippen molar-refractivity contribution in [3.63, 3.8) is 0 Å². The maximum absolute atomic E-state index is 11.9. The molecular formula is C17H19NO5. The number of aryl methyl sites for hydroxylation is 2. The molecule has 0 unspecified atom stereocenters. The Morgan fingerprint density at radius 2 is 1.87 bits per heavy atom. The van der Waals surface area contributed by atoms with Gasteiger partial charge in [-0.05, 0) is 18.9 Å². The lowest BCUT2D eigenvalue weighted by molar-refractivity contribution is 0.0523. The molecule has 0 saturated carbocycles. The molecule has 1 aromatic carbocycles. The number of aromatic hydroxyl groups is 1. The normalized spacial score (nSPS) is 10.3. The third kappa shape index (κ3) is 3.71. The predicted molar refractivity (Wildman–Crippen MR) is 83.5 cm³/mol. The zero-order valence-corrected chi connectivity index (χ0v) is 13.1. The summed E-state index contributed by atoms with van der Waals surface area (Å²) >= 11 is 0. The Balaban J connectivity index is 2.31. The van der Waals surface area contributed by atoms with Crippen molar-refractivity contribution >= 4 is 11.9 Å². The van der Waals surface area contributed by atoms with E-state index in [4.69, 9.17) is 9.47 Å². The fourth-order valence-electron chi connectivity index (χ4n) is 2.28. The summed E-state index contributed by atoms with van der Waals surface area (Å²) < 4.78 is 11.1. The maximum atomic E-state index is 11.9. The van der Waals surface area contributed by atoms with Gasteiger partial charge < -0.3 is 19.1 Å². The van der Waals surface area contributed by atoms with E-state index in [-0.39, 0.29) is 17.9 Å². The molecule has 0 spiro atoms. The summed E-state index contributed by atoms with van der Waals surface area (Å²) in [5.74, 6) is -1.79. The fourth-order valence-corrected chi connectivity index (χ4v) is 2.28. The SMILES string of the molecule is CCOC(=O)c1cn(CCc2ccccc2)c(C(=O)OC)c1O. The van der Waals surface area contributed by atoms with Crippen LogP contribution in [-0.4, -0.2) is 35.3 Å². The largest absolute Gasteiger partial charge is 0.505 e. The number of nitrogens with zero attached hydrogens (tertiary/aromatic N) is 1. The van der Waals surface area contributed by atoms with Crippen LogP contribution in [0, 0.1) is 0 Å². The first-order valence-corrected chi connectivity index (χ1v) is 7.30. The van der Waals surface area contributed by atoms with Crippen LogP contribution in [0.25, 0.3) is 0 Å². The number of carbonyl (C=O) groups is 2. The van der Waals surface area contributed by atoms with E-state index in [0.717, 1.165) is 5.56 Å². The number of benzene rings is 1. The smallest absolute Gasteiger partial charge is 0.358 e. The molecule has 0 aliphatic carbocycles. The number of hydrogen-bond donors (Lipinski definition) is 1. The summed E-state index contributed by atoms with van der Waals surface area (Å²) in [6.07, 6.45) is 2.06. The van der Waals surface area contributed by atoms with Crippen molar-refractivity contribution in [3.05, 3.63) is 53.3 Å². The molecule has 6 nitrogen and oxygen atoms in total. The fraction of sp³-hybridized carbons (Fsp3) is 0.294. The van der Waals surface area contributed by atoms with E-state index in [1.165, 1.54) is 17.9 Å². The van der Waals surface area contributed by atoms with Crippen molar-refractivity contribution in [2.24, 2.45) is 0 Å². The molecule has 0 radical (unpaired) electrons. The Hall–Kier alpha value is -2.76. The number of rotatable bonds is 6. The van der Waals surface area contributed by atoms with Crippen LogP contribution in [0.2, 0.25) is 0 Å². The Bertz CT molecular complexity index is 691. The average molecular weight is 317 g/mol. The van der Waals surface area contributed by atoms with E-state index in [1.54, 1.807) is 6.92 Å². The molecule has 1 aromatic heterocycles. The van der Waals surface area contributed by atoms with Crippen LogP contribution in [0.3, 0.4) is 0 Å². The van der Waals surface area contributed by atoms with Gasteiger partial charge in [0.05, 0.1) is 13.7 Å². The monoisotopic (exact) mass is 317 g/mol. The standard InChI is InChI=1S/C17H19NO5/c1-3-23-16(20)13-11-18(14(15(13)19)17(21)22-2)10-9-12-7-5-4-6-8-12/h4-8,11,19H,3,9-10H2,1-2H3. The van der Waals surface area contributed by atoms with Crippen LogP contribution in [-0.2, 0) is 22.4 Å². The Labute approximate surface area is 134 Å². The van der Waals surface area contributed by atoms with Crippen LogP contribution < -0.4 is 0 Å². The summed E-state index contributed by atoms with van der Waals surface area (Å²) in [5, 5.41) is 10.2. The minimum absolute atomic E-state index is 0.0414. The van der Waals surface area contributed by atoms with Gasteiger partial charge in [0, 0.05) is 12.7 Å². The molecule has 2 aromatic rings. The Kier molecular flexibility index (Phi) is 5.41. The minimum Gasteiger partial charge on any atom is -0.505 e. The second kappa shape index (κ2) is 7.49. The summed E-state index contributed by atoms with van der Waals surface area (Å²) in [4.78, 5) is 23.8. The first kappa shape index (κ1) is 16.6. The van der Waals surface area contributed by atoms with Crippen LogP contribution in [0.1, 0.15) is 33.3 Å². The molecule has 122 valence electrons. The van der Waals surface area contributed by atoms with Crippen LogP contribution >= 0.6 is 0 Å². The van der Waals surface area contributed by atoms with Crippen LogP contribution in [0.5, 0.6) is 5.75 Å². The lowest BCUT2D eigenvalue weighted by atomic mass is 10.1. The summed E-state index contributed by atoms with van der Waals surface area (Å²) in [6, 6.07) is 9.70. The molecule has 0 amide bonds. The van der Waals surface area contributed by atoms with E-state index in [0.29, 0.717) is 13.0 Å². The van der Waals surface area contributed by atoms with Crippen LogP contribution in [0.15, 0.2) is 36.5 Å². The van der Waals surface area contributed by atoms with Gasteiger partial charge in [-0.3, -0.25) is 0 Å². The highest BCUT2D eigenvalue weighted by atomic mass is 16.5. The number of ether oxygens (including phenoxy) is 2. The minimum atomic E-state index is -0.703. The van der Waals surface area contributed by atoms with Crippen molar-refractivity contribution in [3.8, 4) is 5.75 Å². The molecule has 1 heterocycles. The molecule has 23 heavy (non-hydrogen) atoms. The molecule has 0 aliphatic heterocycles. The number of carbonyl (C=O) groups excluding carboxylic acids is 2. The molecule has 1 N–H and O–H groups in total. The van der Waals surface area contributed by atoms with Gasteiger partial charge in [-0.2, -0.15) is 0 Å². The van der Waals surface area contributed by atoms with E-state index in [2.05, 4.69) is 0 Å². The van der Waals surface area contributed by atoms with Gasteiger partial charge in [-0.15, -0.1) is 0 Å². The predicted octanol–water partition coefficient (Wildman–Crippen LogP) is 2.40. The van der Waals surface area contributed by atoms with Crippen molar-refractivity contribution in [1.29, 1.82) is 0 Å². The third-order valence-electron chi connectivity index (χ3n) is 3.41. The topological polar surface area (TPSA) is 77.8 Å². The molecule has 0 fully saturated rings. The van der Waals surface area contributed by atoms with E-state index < -0.39 is 17.7 Å². The molecule has 0 aliphatic rings. The number of methoxy groups -OCH3 is 1. The zero-order chi connectivity index (χ0) is 16.8. The van der Waals surface area contributed by atoms with Gasteiger partial charge in [0.2, 0.25) is 0 Å². The number of esters is 2. The van der Waals surface area contributed by atoms with Gasteiger partial charge >= 0.3 is 11.9 Å². The Morgan fingerprint density at radius 3 is 2.48 bits per heavy atom. The second-order valence-electron chi connectivity index (χ2n) is 4.88. The summed E-state index contributed by atoms with van der Waals surface area (Å²) in [5.41, 5.74) is 0.987. The van der Waals surface area contributed by atoms with Gasteiger partial charge in [0.25, 0.3) is 0 Å². The van der Waals surface area contributed by atoms with E-state index in [9.17, 15) is 14.7 Å². The van der Waals surface area contributed by atoms with Crippen molar-refractivity contribution in [2.45, 2.75) is 19.9 Å². The quantitative estimate of drug-likeness (QED) is 0.828. The van der Waals surface area contributed by atoms with E-state index >= 15 is 0 Å². The van der Waals surface area contributed by atoms with Crippen LogP contribution in [0.4, 0.5) is 0 Å². The number of hydrogen-bond acceptors (Lipinski definition) is 5. The van der Waals surface area contributed by atoms with Gasteiger partial charge in [-0.25, -0.2) is 9.59 Å². The third-order valence-corrected chi connectivity index (χ3v) is 3.41. The molecule has 2 rings (SSSR count). The lowest BCUT2D eigenvalue weighted by Gasteiger charge is -2.07. The summed E-state index contributed by atoms with van der Waals surface area (Å²) in [7, 11) is 1.22. The summed E-state index contributed by atoms with van der Waals surface area (Å²) in [6.45, 7) is 2.27.